The second kappa shape index (κ2) is 8.13. The molecule has 1 saturated heterocycles. The van der Waals surface area contributed by atoms with E-state index in [9.17, 15) is 9.59 Å². The fraction of sp³-hybridized carbons (Fsp3) is 0.471. The molecular formula is C17H21ClN4O2. The van der Waals surface area contributed by atoms with E-state index in [0.29, 0.717) is 30.2 Å². The van der Waals surface area contributed by atoms with Gasteiger partial charge in [-0.15, -0.1) is 0 Å². The molecule has 7 heteroatoms. The number of benzene rings is 1. The predicted octanol–water partition coefficient (Wildman–Crippen LogP) is 1.84. The quantitative estimate of drug-likeness (QED) is 0.849. The molecule has 0 aliphatic carbocycles. The molecule has 1 fully saturated rings. The monoisotopic (exact) mass is 348 g/mol. The summed E-state index contributed by atoms with van der Waals surface area (Å²) in [5.41, 5.74) is 6.97. The number of nitrogens with two attached hydrogens (primary N) is 1. The van der Waals surface area contributed by atoms with Crippen LogP contribution < -0.4 is 10.6 Å². The summed E-state index contributed by atoms with van der Waals surface area (Å²) in [6.07, 6.45) is 1.76. The first kappa shape index (κ1) is 18.2. The molecule has 1 heterocycles. The second-order valence-electron chi connectivity index (χ2n) is 5.92. The van der Waals surface area contributed by atoms with Gasteiger partial charge in [0.15, 0.2) is 0 Å². The summed E-state index contributed by atoms with van der Waals surface area (Å²) >= 11 is 6.05. The number of anilines is 1. The minimum Gasteiger partial charge on any atom is -0.368 e. The van der Waals surface area contributed by atoms with Gasteiger partial charge >= 0.3 is 0 Å². The zero-order chi connectivity index (χ0) is 17.7. The zero-order valence-electron chi connectivity index (χ0n) is 13.7. The number of carbonyl (C=O) groups is 2. The number of likely N-dealkylation sites (tertiary alicyclic amines) is 1. The first-order chi connectivity index (χ1) is 11.4. The number of carbonyl (C=O) groups excluding carboxylic acids is 2. The van der Waals surface area contributed by atoms with Crippen molar-refractivity contribution < 1.29 is 9.59 Å². The molecule has 1 aliphatic heterocycles. The molecule has 24 heavy (non-hydrogen) atoms. The number of aryl methyl sites for hydroxylation is 1. The van der Waals surface area contributed by atoms with Crippen LogP contribution in [0.4, 0.5) is 5.69 Å². The van der Waals surface area contributed by atoms with E-state index in [-0.39, 0.29) is 18.9 Å². The van der Waals surface area contributed by atoms with Crippen LogP contribution in [0.1, 0.15) is 24.8 Å². The molecule has 1 aliphatic rings. The maximum absolute atomic E-state index is 12.8. The van der Waals surface area contributed by atoms with E-state index in [2.05, 4.69) is 6.07 Å². The second-order valence-corrected chi connectivity index (χ2v) is 6.33. The topological polar surface area (TPSA) is 90.4 Å². The molecule has 2 rings (SSSR count). The molecule has 2 N–H and O–H groups in total. The van der Waals surface area contributed by atoms with Gasteiger partial charge in [-0.3, -0.25) is 14.5 Å². The lowest BCUT2D eigenvalue weighted by Crippen LogP contribution is -2.46. The van der Waals surface area contributed by atoms with Crippen molar-refractivity contribution in [1.82, 2.24) is 4.90 Å². The average Bonchev–Trinajstić information content (AvgIpc) is 2.99. The van der Waals surface area contributed by atoms with Crippen LogP contribution in [-0.2, 0) is 9.59 Å². The van der Waals surface area contributed by atoms with Gasteiger partial charge in [-0.05, 0) is 50.1 Å². The molecule has 1 aromatic carbocycles. The maximum Gasteiger partial charge on any atom is 0.241 e. The maximum atomic E-state index is 12.8. The molecule has 1 unspecified atom stereocenters. The number of amides is 2. The number of hydrogen-bond acceptors (Lipinski definition) is 4. The van der Waals surface area contributed by atoms with Crippen molar-refractivity contribution in [2.45, 2.75) is 32.2 Å². The third-order valence-corrected chi connectivity index (χ3v) is 4.66. The number of primary amides is 1. The van der Waals surface area contributed by atoms with E-state index >= 15 is 0 Å². The molecule has 2 amide bonds. The largest absolute Gasteiger partial charge is 0.368 e. The number of rotatable bonds is 6. The number of nitrogens with zero attached hydrogens (tertiary/aromatic N) is 3. The Morgan fingerprint density at radius 2 is 2.25 bits per heavy atom. The highest BCUT2D eigenvalue weighted by molar-refractivity contribution is 6.31. The van der Waals surface area contributed by atoms with E-state index in [4.69, 9.17) is 22.6 Å². The standard InChI is InChI=1S/C17H21ClN4O2/c1-12-10-13(5-6-14(12)18)22(9-3-7-19)16(23)11-21-8-2-4-15(21)17(20)24/h5-6,10,15H,2-4,8-9,11H2,1H3,(H2,20,24). The van der Waals surface area contributed by atoms with Crippen molar-refractivity contribution in [1.29, 1.82) is 5.26 Å². The van der Waals surface area contributed by atoms with Gasteiger partial charge in [-0.25, -0.2) is 0 Å². The summed E-state index contributed by atoms with van der Waals surface area (Å²) in [5, 5.41) is 9.49. The Morgan fingerprint density at radius 3 is 2.88 bits per heavy atom. The number of hydrogen-bond donors (Lipinski definition) is 1. The summed E-state index contributed by atoms with van der Waals surface area (Å²) in [5.74, 6) is -0.550. The molecule has 0 radical (unpaired) electrons. The zero-order valence-corrected chi connectivity index (χ0v) is 14.4. The lowest BCUT2D eigenvalue weighted by Gasteiger charge is -2.27. The molecule has 1 aromatic rings. The fourth-order valence-electron chi connectivity index (χ4n) is 2.95. The van der Waals surface area contributed by atoms with Gasteiger partial charge in [-0.1, -0.05) is 11.6 Å². The third kappa shape index (κ3) is 4.25. The van der Waals surface area contributed by atoms with Gasteiger partial charge in [0.2, 0.25) is 11.8 Å². The molecule has 0 aromatic heterocycles. The molecule has 1 atom stereocenters. The summed E-state index contributed by atoms with van der Waals surface area (Å²) in [6.45, 7) is 2.94. The van der Waals surface area contributed by atoms with Crippen LogP contribution in [0.25, 0.3) is 0 Å². The van der Waals surface area contributed by atoms with Gasteiger partial charge in [0.05, 0.1) is 25.1 Å². The highest BCUT2D eigenvalue weighted by atomic mass is 35.5. The van der Waals surface area contributed by atoms with Crippen LogP contribution in [0.15, 0.2) is 18.2 Å². The molecule has 0 spiro atoms. The Labute approximate surface area is 146 Å². The van der Waals surface area contributed by atoms with E-state index in [1.54, 1.807) is 17.0 Å². The SMILES string of the molecule is Cc1cc(N(CCC#N)C(=O)CN2CCCC2C(N)=O)ccc1Cl. The Hall–Kier alpha value is -2.10. The molecule has 0 saturated carbocycles. The van der Waals surface area contributed by atoms with Crippen LogP contribution in [0.5, 0.6) is 0 Å². The van der Waals surface area contributed by atoms with Gasteiger partial charge in [0.1, 0.15) is 0 Å². The number of halogens is 1. The Balaban J connectivity index is 2.17. The van der Waals surface area contributed by atoms with Crippen LogP contribution in [0.3, 0.4) is 0 Å². The Kier molecular flexibility index (Phi) is 6.18. The minimum absolute atomic E-state index is 0.112. The van der Waals surface area contributed by atoms with E-state index in [1.807, 2.05) is 17.9 Å². The first-order valence-electron chi connectivity index (χ1n) is 7.91. The summed E-state index contributed by atoms with van der Waals surface area (Å²) in [7, 11) is 0. The van der Waals surface area contributed by atoms with E-state index in [1.165, 1.54) is 0 Å². The summed E-state index contributed by atoms with van der Waals surface area (Å²) < 4.78 is 0. The van der Waals surface area contributed by atoms with Gasteiger partial charge in [0.25, 0.3) is 0 Å². The Morgan fingerprint density at radius 1 is 1.50 bits per heavy atom. The van der Waals surface area contributed by atoms with Crippen LogP contribution in [0, 0.1) is 18.3 Å². The average molecular weight is 349 g/mol. The van der Waals surface area contributed by atoms with Crippen molar-refractivity contribution in [3.05, 3.63) is 28.8 Å². The molecule has 6 nitrogen and oxygen atoms in total. The minimum atomic E-state index is -0.397. The van der Waals surface area contributed by atoms with Crippen LogP contribution in [-0.4, -0.2) is 42.4 Å². The Bertz CT molecular complexity index is 671. The van der Waals surface area contributed by atoms with Crippen LogP contribution in [0.2, 0.25) is 5.02 Å². The van der Waals surface area contributed by atoms with Crippen molar-refractivity contribution in [3.63, 3.8) is 0 Å². The van der Waals surface area contributed by atoms with E-state index < -0.39 is 11.9 Å². The van der Waals surface area contributed by atoms with E-state index in [0.717, 1.165) is 12.0 Å². The smallest absolute Gasteiger partial charge is 0.241 e. The third-order valence-electron chi connectivity index (χ3n) is 4.23. The van der Waals surface area contributed by atoms with Crippen molar-refractivity contribution in [2.75, 3.05) is 24.5 Å². The fourth-order valence-corrected chi connectivity index (χ4v) is 3.07. The van der Waals surface area contributed by atoms with Crippen LogP contribution >= 0.6 is 11.6 Å². The van der Waals surface area contributed by atoms with Gasteiger partial charge in [-0.2, -0.15) is 5.26 Å². The summed E-state index contributed by atoms with van der Waals surface area (Å²) in [4.78, 5) is 27.6. The summed E-state index contributed by atoms with van der Waals surface area (Å²) in [6, 6.07) is 7.00. The molecular weight excluding hydrogens is 328 g/mol. The highest BCUT2D eigenvalue weighted by Gasteiger charge is 2.31. The number of nitriles is 1. The normalized spacial score (nSPS) is 17.5. The van der Waals surface area contributed by atoms with Crippen molar-refractivity contribution >= 4 is 29.1 Å². The van der Waals surface area contributed by atoms with Gasteiger partial charge in [0, 0.05) is 17.3 Å². The first-order valence-corrected chi connectivity index (χ1v) is 8.28. The highest BCUT2D eigenvalue weighted by Crippen LogP contribution is 2.24. The van der Waals surface area contributed by atoms with Crippen molar-refractivity contribution in [3.8, 4) is 6.07 Å². The lowest BCUT2D eigenvalue weighted by molar-refractivity contribution is -0.124. The molecule has 128 valence electrons. The van der Waals surface area contributed by atoms with Crippen molar-refractivity contribution in [2.24, 2.45) is 5.73 Å². The van der Waals surface area contributed by atoms with Gasteiger partial charge < -0.3 is 10.6 Å². The molecule has 0 bridgehead atoms. The predicted molar refractivity (Wildman–Crippen MR) is 92.6 cm³/mol. The lowest BCUT2D eigenvalue weighted by atomic mass is 10.2.